The van der Waals surface area contributed by atoms with Crippen LogP contribution in [-0.2, 0) is 16.0 Å². The summed E-state index contributed by atoms with van der Waals surface area (Å²) in [7, 11) is 0. The first-order valence-corrected chi connectivity index (χ1v) is 5.86. The van der Waals surface area contributed by atoms with E-state index in [1.54, 1.807) is 24.3 Å². The second-order valence-corrected chi connectivity index (χ2v) is 4.42. The molecule has 0 saturated carbocycles. The lowest BCUT2D eigenvalue weighted by atomic mass is 9.80. The molecule has 0 atom stereocenters. The molecule has 92 valence electrons. The van der Waals surface area contributed by atoms with Crippen LogP contribution in [-0.4, -0.2) is 17.7 Å². The summed E-state index contributed by atoms with van der Waals surface area (Å²) < 4.78 is 0. The van der Waals surface area contributed by atoms with Gasteiger partial charge in [0.05, 0.1) is 5.41 Å². The van der Waals surface area contributed by atoms with E-state index >= 15 is 0 Å². The van der Waals surface area contributed by atoms with Crippen molar-refractivity contribution in [1.82, 2.24) is 0 Å². The highest BCUT2D eigenvalue weighted by Crippen LogP contribution is 2.26. The normalized spacial score (nSPS) is 11.1. The Balaban J connectivity index is 2.81. The standard InChI is InChI=1S/C14H18O3/c1-2-3-8-14(10-15,11-16)9-12-4-6-13(17)7-5-12/h4-7,10-11,17H,2-3,8-9H2,1H3. The summed E-state index contributed by atoms with van der Waals surface area (Å²) in [5.74, 6) is 0.185. The predicted octanol–water partition coefficient (Wildman–Crippen LogP) is 2.51. The molecular weight excluding hydrogens is 216 g/mol. The van der Waals surface area contributed by atoms with Crippen molar-refractivity contribution in [2.24, 2.45) is 5.41 Å². The number of unbranched alkanes of at least 4 members (excludes halogenated alkanes) is 1. The number of phenolic OH excluding ortho intramolecular Hbond substituents is 1. The molecule has 0 aliphatic rings. The van der Waals surface area contributed by atoms with Crippen molar-refractivity contribution in [2.45, 2.75) is 32.6 Å². The largest absolute Gasteiger partial charge is 0.508 e. The fourth-order valence-electron chi connectivity index (χ4n) is 1.82. The van der Waals surface area contributed by atoms with Crippen molar-refractivity contribution >= 4 is 12.6 Å². The molecular formula is C14H18O3. The van der Waals surface area contributed by atoms with Gasteiger partial charge in [0.1, 0.15) is 18.3 Å². The third-order valence-electron chi connectivity index (χ3n) is 2.93. The van der Waals surface area contributed by atoms with Crippen LogP contribution >= 0.6 is 0 Å². The van der Waals surface area contributed by atoms with Gasteiger partial charge in [-0.1, -0.05) is 31.9 Å². The fourth-order valence-corrected chi connectivity index (χ4v) is 1.82. The Labute approximate surface area is 101 Å². The molecule has 3 nitrogen and oxygen atoms in total. The number of hydrogen-bond acceptors (Lipinski definition) is 3. The molecule has 0 aromatic heterocycles. The molecule has 0 radical (unpaired) electrons. The summed E-state index contributed by atoms with van der Waals surface area (Å²) in [6.45, 7) is 2.03. The van der Waals surface area contributed by atoms with Crippen molar-refractivity contribution < 1.29 is 14.7 Å². The van der Waals surface area contributed by atoms with E-state index in [1.807, 2.05) is 6.92 Å². The third kappa shape index (κ3) is 3.70. The van der Waals surface area contributed by atoms with E-state index in [-0.39, 0.29) is 5.75 Å². The Hall–Kier alpha value is -1.64. The smallest absolute Gasteiger partial charge is 0.133 e. The molecule has 3 heteroatoms. The number of aldehydes is 2. The summed E-state index contributed by atoms with van der Waals surface area (Å²) in [6, 6.07) is 6.61. The van der Waals surface area contributed by atoms with Crippen molar-refractivity contribution in [3.05, 3.63) is 29.8 Å². The molecule has 0 bridgehead atoms. The van der Waals surface area contributed by atoms with Crippen molar-refractivity contribution in [1.29, 1.82) is 0 Å². The highest BCUT2D eigenvalue weighted by molar-refractivity contribution is 5.84. The quantitative estimate of drug-likeness (QED) is 0.582. The summed E-state index contributed by atoms with van der Waals surface area (Å²) in [5, 5.41) is 9.17. The van der Waals surface area contributed by atoms with Crippen LogP contribution in [0.2, 0.25) is 0 Å². The first-order valence-electron chi connectivity index (χ1n) is 5.86. The maximum atomic E-state index is 11.2. The van der Waals surface area contributed by atoms with Gasteiger partial charge in [0.25, 0.3) is 0 Å². The summed E-state index contributed by atoms with van der Waals surface area (Å²) in [5.41, 5.74) is -0.0226. The average molecular weight is 234 g/mol. The first kappa shape index (κ1) is 13.4. The molecule has 0 amide bonds. The van der Waals surface area contributed by atoms with Gasteiger partial charge in [-0.05, 0) is 30.5 Å². The lowest BCUT2D eigenvalue weighted by Crippen LogP contribution is -2.27. The van der Waals surface area contributed by atoms with Crippen LogP contribution in [0.4, 0.5) is 0 Å². The average Bonchev–Trinajstić information content (AvgIpc) is 2.37. The number of carbonyl (C=O) groups is 2. The number of benzene rings is 1. The van der Waals surface area contributed by atoms with Gasteiger partial charge >= 0.3 is 0 Å². The van der Waals surface area contributed by atoms with E-state index in [0.717, 1.165) is 31.0 Å². The van der Waals surface area contributed by atoms with Crippen molar-refractivity contribution in [3.63, 3.8) is 0 Å². The lowest BCUT2D eigenvalue weighted by Gasteiger charge is -2.21. The highest BCUT2D eigenvalue weighted by Gasteiger charge is 2.28. The Kier molecular flexibility index (Phi) is 4.88. The SMILES string of the molecule is CCCCC(C=O)(C=O)Cc1ccc(O)cc1. The third-order valence-corrected chi connectivity index (χ3v) is 2.93. The van der Waals surface area contributed by atoms with Gasteiger partial charge in [-0.25, -0.2) is 0 Å². The zero-order valence-electron chi connectivity index (χ0n) is 10.1. The maximum Gasteiger partial charge on any atom is 0.133 e. The van der Waals surface area contributed by atoms with Crippen LogP contribution in [0.25, 0.3) is 0 Å². The van der Waals surface area contributed by atoms with E-state index in [0.29, 0.717) is 12.8 Å². The van der Waals surface area contributed by atoms with Crippen LogP contribution in [0.1, 0.15) is 31.7 Å². The summed E-state index contributed by atoms with van der Waals surface area (Å²) in [4.78, 5) is 22.3. The van der Waals surface area contributed by atoms with Crippen LogP contribution < -0.4 is 0 Å². The topological polar surface area (TPSA) is 54.4 Å². The van der Waals surface area contributed by atoms with Crippen molar-refractivity contribution in [3.8, 4) is 5.75 Å². The predicted molar refractivity (Wildman–Crippen MR) is 65.9 cm³/mol. The Bertz CT molecular complexity index is 360. The molecule has 1 aromatic carbocycles. The molecule has 0 unspecified atom stereocenters. The van der Waals surface area contributed by atoms with Gasteiger partial charge in [-0.3, -0.25) is 0 Å². The molecule has 1 N–H and O–H groups in total. The van der Waals surface area contributed by atoms with E-state index in [4.69, 9.17) is 0 Å². The van der Waals surface area contributed by atoms with Gasteiger partial charge in [-0.15, -0.1) is 0 Å². The molecule has 0 fully saturated rings. The second kappa shape index (κ2) is 6.18. The molecule has 1 rings (SSSR count). The van der Waals surface area contributed by atoms with Gasteiger partial charge in [0.15, 0.2) is 0 Å². The molecule has 0 saturated heterocycles. The molecule has 17 heavy (non-hydrogen) atoms. The minimum absolute atomic E-state index is 0.185. The molecule has 0 aliphatic carbocycles. The highest BCUT2D eigenvalue weighted by atomic mass is 16.3. The Morgan fingerprint density at radius 1 is 1.18 bits per heavy atom. The van der Waals surface area contributed by atoms with Crippen LogP contribution in [0.15, 0.2) is 24.3 Å². The van der Waals surface area contributed by atoms with Crippen LogP contribution in [0.5, 0.6) is 5.75 Å². The van der Waals surface area contributed by atoms with Gasteiger partial charge < -0.3 is 14.7 Å². The minimum Gasteiger partial charge on any atom is -0.508 e. The summed E-state index contributed by atoms with van der Waals surface area (Å²) in [6.07, 6.45) is 4.30. The van der Waals surface area contributed by atoms with Crippen molar-refractivity contribution in [2.75, 3.05) is 0 Å². The second-order valence-electron chi connectivity index (χ2n) is 4.42. The number of hydrogen-bond donors (Lipinski definition) is 1. The number of rotatable bonds is 7. The van der Waals surface area contributed by atoms with Gasteiger partial charge in [0.2, 0.25) is 0 Å². The Morgan fingerprint density at radius 2 is 1.76 bits per heavy atom. The zero-order chi connectivity index (χ0) is 12.7. The van der Waals surface area contributed by atoms with E-state index < -0.39 is 5.41 Å². The lowest BCUT2D eigenvalue weighted by molar-refractivity contribution is -0.126. The Morgan fingerprint density at radius 3 is 2.24 bits per heavy atom. The van der Waals surface area contributed by atoms with Crippen LogP contribution in [0, 0.1) is 5.41 Å². The van der Waals surface area contributed by atoms with E-state index in [2.05, 4.69) is 0 Å². The summed E-state index contributed by atoms with van der Waals surface area (Å²) >= 11 is 0. The number of phenols is 1. The minimum atomic E-state index is -0.910. The van der Waals surface area contributed by atoms with Gasteiger partial charge in [-0.2, -0.15) is 0 Å². The molecule has 0 aliphatic heterocycles. The zero-order valence-corrected chi connectivity index (χ0v) is 10.1. The van der Waals surface area contributed by atoms with Gasteiger partial charge in [0, 0.05) is 0 Å². The number of aromatic hydroxyl groups is 1. The van der Waals surface area contributed by atoms with Crippen LogP contribution in [0.3, 0.4) is 0 Å². The monoisotopic (exact) mass is 234 g/mol. The molecule has 0 heterocycles. The fraction of sp³-hybridized carbons (Fsp3) is 0.429. The van der Waals surface area contributed by atoms with E-state index in [1.165, 1.54) is 0 Å². The first-order chi connectivity index (χ1) is 8.15. The molecule has 1 aromatic rings. The maximum absolute atomic E-state index is 11.2. The molecule has 0 spiro atoms. The van der Waals surface area contributed by atoms with E-state index in [9.17, 15) is 14.7 Å². The number of carbonyl (C=O) groups excluding carboxylic acids is 2.